The third-order valence-electron chi connectivity index (χ3n) is 3.56. The Morgan fingerprint density at radius 1 is 1.10 bits per heavy atom. The Labute approximate surface area is 124 Å². The number of carbonyl (C=O) groups is 1. The first-order chi connectivity index (χ1) is 9.26. The predicted octanol–water partition coefficient (Wildman–Crippen LogP) is 5.21. The zero-order valence-electron chi connectivity index (χ0n) is 14.2. The molecule has 0 aromatic carbocycles. The number of carbonyl (C=O) groups excluding carboxylic acids is 1. The summed E-state index contributed by atoms with van der Waals surface area (Å²) in [5, 5.41) is 0. The zero-order chi connectivity index (χ0) is 15.7. The van der Waals surface area contributed by atoms with Gasteiger partial charge in [-0.15, -0.1) is 0 Å². The Balaban J connectivity index is 4.38. The van der Waals surface area contributed by atoms with Crippen LogP contribution < -0.4 is 0 Å². The number of ether oxygens (including phenoxy) is 1. The molecule has 0 bridgehead atoms. The van der Waals surface area contributed by atoms with Crippen molar-refractivity contribution in [2.75, 3.05) is 7.11 Å². The van der Waals surface area contributed by atoms with Gasteiger partial charge in [-0.25, -0.2) is 4.79 Å². The fourth-order valence-corrected chi connectivity index (χ4v) is 2.10. The molecule has 0 fully saturated rings. The summed E-state index contributed by atoms with van der Waals surface area (Å²) >= 11 is 0. The summed E-state index contributed by atoms with van der Waals surface area (Å²) in [7, 11) is 1.40. The normalized spacial score (nSPS) is 13.9. The molecular formula is C18H30O2. The van der Waals surface area contributed by atoms with Crippen LogP contribution >= 0.6 is 0 Å². The molecule has 0 aromatic heterocycles. The van der Waals surface area contributed by atoms with E-state index in [1.54, 1.807) is 0 Å². The van der Waals surface area contributed by atoms with Crippen LogP contribution in [-0.2, 0) is 9.53 Å². The van der Waals surface area contributed by atoms with Crippen molar-refractivity contribution in [1.29, 1.82) is 0 Å². The number of allylic oxidation sites excluding steroid dienone is 5. The van der Waals surface area contributed by atoms with Gasteiger partial charge < -0.3 is 4.74 Å². The molecule has 0 heterocycles. The zero-order valence-corrected chi connectivity index (χ0v) is 14.2. The molecule has 0 amide bonds. The average Bonchev–Trinajstić information content (AvgIpc) is 2.34. The number of esters is 1. The van der Waals surface area contributed by atoms with Crippen LogP contribution in [0.25, 0.3) is 0 Å². The molecule has 0 spiro atoms. The van der Waals surface area contributed by atoms with E-state index in [-0.39, 0.29) is 5.97 Å². The minimum absolute atomic E-state index is 0.293. The summed E-state index contributed by atoms with van der Waals surface area (Å²) in [6, 6.07) is 0. The van der Waals surface area contributed by atoms with Crippen molar-refractivity contribution in [2.24, 2.45) is 5.92 Å². The van der Waals surface area contributed by atoms with Crippen LogP contribution in [0.1, 0.15) is 60.8 Å². The highest BCUT2D eigenvalue weighted by Gasteiger charge is 2.05. The average molecular weight is 278 g/mol. The van der Waals surface area contributed by atoms with Crippen molar-refractivity contribution >= 4 is 5.97 Å². The van der Waals surface area contributed by atoms with Gasteiger partial charge in [0, 0.05) is 6.08 Å². The maximum Gasteiger partial charge on any atom is 0.330 e. The van der Waals surface area contributed by atoms with E-state index in [1.807, 2.05) is 6.92 Å². The van der Waals surface area contributed by atoms with Crippen molar-refractivity contribution in [2.45, 2.75) is 60.8 Å². The lowest BCUT2D eigenvalue weighted by atomic mass is 9.93. The number of hydrogen-bond donors (Lipinski definition) is 0. The molecule has 0 saturated carbocycles. The van der Waals surface area contributed by atoms with E-state index in [9.17, 15) is 4.79 Å². The number of hydrogen-bond acceptors (Lipinski definition) is 2. The molecule has 20 heavy (non-hydrogen) atoms. The minimum atomic E-state index is -0.293. The van der Waals surface area contributed by atoms with Gasteiger partial charge in [-0.05, 0) is 65.4 Å². The number of rotatable bonds is 7. The third kappa shape index (κ3) is 8.73. The summed E-state index contributed by atoms with van der Waals surface area (Å²) in [6.45, 7) is 12.9. The van der Waals surface area contributed by atoms with Crippen LogP contribution in [0.15, 0.2) is 34.4 Å². The molecule has 0 aliphatic carbocycles. The van der Waals surface area contributed by atoms with Gasteiger partial charge in [0.2, 0.25) is 0 Å². The topological polar surface area (TPSA) is 26.3 Å². The van der Waals surface area contributed by atoms with Gasteiger partial charge in [0.15, 0.2) is 0 Å². The summed E-state index contributed by atoms with van der Waals surface area (Å²) < 4.78 is 4.62. The Kier molecular flexibility index (Phi) is 8.94. The largest absolute Gasteiger partial charge is 0.466 e. The van der Waals surface area contributed by atoms with Crippen LogP contribution in [0.2, 0.25) is 0 Å². The molecule has 1 atom stereocenters. The van der Waals surface area contributed by atoms with Gasteiger partial charge in [-0.3, -0.25) is 0 Å². The molecule has 2 heteroatoms. The van der Waals surface area contributed by atoms with E-state index in [4.69, 9.17) is 0 Å². The monoisotopic (exact) mass is 278 g/mol. The Morgan fingerprint density at radius 3 is 2.20 bits per heavy atom. The maximum absolute atomic E-state index is 11.1. The fourth-order valence-electron chi connectivity index (χ4n) is 2.10. The first-order valence-electron chi connectivity index (χ1n) is 7.32. The molecule has 0 aliphatic rings. The van der Waals surface area contributed by atoms with Crippen molar-refractivity contribution in [3.63, 3.8) is 0 Å². The van der Waals surface area contributed by atoms with Gasteiger partial charge in [0.25, 0.3) is 0 Å². The van der Waals surface area contributed by atoms with E-state index in [0.29, 0.717) is 5.92 Å². The van der Waals surface area contributed by atoms with Crippen molar-refractivity contribution in [3.8, 4) is 0 Å². The van der Waals surface area contributed by atoms with Crippen LogP contribution in [0.5, 0.6) is 0 Å². The molecule has 0 N–H and O–H groups in total. The second-order valence-corrected chi connectivity index (χ2v) is 6.03. The molecule has 114 valence electrons. The van der Waals surface area contributed by atoms with Crippen molar-refractivity contribution in [1.82, 2.24) is 0 Å². The van der Waals surface area contributed by atoms with E-state index in [1.165, 1.54) is 42.7 Å². The molecule has 1 unspecified atom stereocenters. The molecule has 0 aromatic rings. The molecular weight excluding hydrogens is 248 g/mol. The standard InChI is InChI=1S/C18H30O2/c1-13(2)17(6)9-8-14(3)10-15(4)11-16(5)12-18(19)20-7/h11-12,14H,8-10H2,1-7H3. The van der Waals surface area contributed by atoms with Crippen molar-refractivity contribution < 1.29 is 9.53 Å². The van der Waals surface area contributed by atoms with E-state index in [0.717, 1.165) is 12.0 Å². The second kappa shape index (κ2) is 9.57. The SMILES string of the molecule is COC(=O)C=C(C)C=C(C)CC(C)CCC(C)=C(C)C. The van der Waals surface area contributed by atoms with Crippen LogP contribution in [0.3, 0.4) is 0 Å². The lowest BCUT2D eigenvalue weighted by Crippen LogP contribution is -1.98. The maximum atomic E-state index is 11.1. The van der Waals surface area contributed by atoms with Gasteiger partial charge in [-0.2, -0.15) is 0 Å². The lowest BCUT2D eigenvalue weighted by Gasteiger charge is -2.13. The highest BCUT2D eigenvalue weighted by Crippen LogP contribution is 2.21. The lowest BCUT2D eigenvalue weighted by molar-refractivity contribution is -0.134. The van der Waals surface area contributed by atoms with Crippen molar-refractivity contribution in [3.05, 3.63) is 34.4 Å². The van der Waals surface area contributed by atoms with Crippen LogP contribution in [-0.4, -0.2) is 13.1 Å². The summed E-state index contributed by atoms with van der Waals surface area (Å²) in [5.41, 5.74) is 5.19. The Morgan fingerprint density at radius 2 is 1.70 bits per heavy atom. The second-order valence-electron chi connectivity index (χ2n) is 6.03. The first-order valence-corrected chi connectivity index (χ1v) is 7.32. The fraction of sp³-hybridized carbons (Fsp3) is 0.611. The van der Waals surface area contributed by atoms with Crippen LogP contribution in [0.4, 0.5) is 0 Å². The molecule has 2 nitrogen and oxygen atoms in total. The quantitative estimate of drug-likeness (QED) is 0.276. The first kappa shape index (κ1) is 18.7. The number of methoxy groups -OCH3 is 1. The van der Waals surface area contributed by atoms with Gasteiger partial charge in [0.1, 0.15) is 0 Å². The minimum Gasteiger partial charge on any atom is -0.466 e. The van der Waals surface area contributed by atoms with E-state index >= 15 is 0 Å². The molecule has 0 rings (SSSR count). The summed E-state index contributed by atoms with van der Waals surface area (Å²) in [4.78, 5) is 11.1. The summed E-state index contributed by atoms with van der Waals surface area (Å²) in [6.07, 6.45) is 7.06. The van der Waals surface area contributed by atoms with Gasteiger partial charge >= 0.3 is 5.97 Å². The highest BCUT2D eigenvalue weighted by molar-refractivity contribution is 5.83. The van der Waals surface area contributed by atoms with E-state index in [2.05, 4.69) is 45.4 Å². The van der Waals surface area contributed by atoms with Crippen LogP contribution in [0, 0.1) is 5.92 Å². The van der Waals surface area contributed by atoms with E-state index < -0.39 is 0 Å². The smallest absolute Gasteiger partial charge is 0.330 e. The molecule has 0 saturated heterocycles. The van der Waals surface area contributed by atoms with Gasteiger partial charge in [-0.1, -0.05) is 29.7 Å². The molecule has 0 radical (unpaired) electrons. The third-order valence-corrected chi connectivity index (χ3v) is 3.56. The molecule has 0 aliphatic heterocycles. The van der Waals surface area contributed by atoms with Gasteiger partial charge in [0.05, 0.1) is 7.11 Å². The highest BCUT2D eigenvalue weighted by atomic mass is 16.5. The predicted molar refractivity (Wildman–Crippen MR) is 86.6 cm³/mol. The Hall–Kier alpha value is -1.31. The summed E-state index contributed by atoms with van der Waals surface area (Å²) in [5.74, 6) is 0.366. The Bertz CT molecular complexity index is 407.